The van der Waals surface area contributed by atoms with Crippen molar-refractivity contribution in [3.05, 3.63) is 70.2 Å². The fourth-order valence-electron chi connectivity index (χ4n) is 3.09. The van der Waals surface area contributed by atoms with E-state index in [4.69, 9.17) is 11.6 Å². The molecule has 6 heteroatoms. The highest BCUT2D eigenvalue weighted by Crippen LogP contribution is 2.25. The van der Waals surface area contributed by atoms with Gasteiger partial charge < -0.3 is 15.5 Å². The predicted octanol–water partition coefficient (Wildman–Crippen LogP) is 3.82. The number of aryl methyl sites for hydroxylation is 1. The van der Waals surface area contributed by atoms with Crippen molar-refractivity contribution in [2.75, 3.05) is 20.6 Å². The normalized spacial score (nSPS) is 13.2. The van der Waals surface area contributed by atoms with Gasteiger partial charge in [-0.3, -0.25) is 9.59 Å². The molecule has 0 aromatic heterocycles. The standard InChI is InChI=1S/C23H30ClN3O2/c1-15(2)21(26-22(28)17-12-10-16(3)11-13-17)23(29)25-14-20(27(4)5)18-8-6-7-9-19(18)24/h6-13,15,20-21H,14H2,1-5H3,(H,25,29)(H,26,28). The van der Waals surface area contributed by atoms with Gasteiger partial charge in [-0.2, -0.15) is 0 Å². The van der Waals surface area contributed by atoms with Crippen LogP contribution in [-0.2, 0) is 4.79 Å². The van der Waals surface area contributed by atoms with E-state index in [2.05, 4.69) is 10.6 Å². The molecular weight excluding hydrogens is 386 g/mol. The Bertz CT molecular complexity index is 834. The van der Waals surface area contributed by atoms with Crippen LogP contribution in [0.4, 0.5) is 0 Å². The van der Waals surface area contributed by atoms with Gasteiger partial charge in [-0.15, -0.1) is 0 Å². The third-order valence-electron chi connectivity index (χ3n) is 4.91. The molecule has 2 aromatic rings. The number of benzene rings is 2. The first-order chi connectivity index (χ1) is 13.7. The lowest BCUT2D eigenvalue weighted by atomic mass is 10.0. The first kappa shape index (κ1) is 22.9. The zero-order valence-electron chi connectivity index (χ0n) is 17.7. The Balaban J connectivity index is 2.07. The van der Waals surface area contributed by atoms with Crippen molar-refractivity contribution < 1.29 is 9.59 Å². The van der Waals surface area contributed by atoms with E-state index in [1.807, 2.05) is 76.2 Å². The zero-order chi connectivity index (χ0) is 21.6. The van der Waals surface area contributed by atoms with E-state index in [1.54, 1.807) is 12.1 Å². The number of carbonyl (C=O) groups is 2. The van der Waals surface area contributed by atoms with E-state index in [0.29, 0.717) is 17.1 Å². The average molecular weight is 416 g/mol. The Morgan fingerprint density at radius 1 is 1.03 bits per heavy atom. The van der Waals surface area contributed by atoms with Crippen LogP contribution >= 0.6 is 11.6 Å². The Labute approximate surface area is 178 Å². The van der Waals surface area contributed by atoms with E-state index in [-0.39, 0.29) is 23.8 Å². The van der Waals surface area contributed by atoms with Crippen LogP contribution in [0.1, 0.15) is 41.4 Å². The third-order valence-corrected chi connectivity index (χ3v) is 5.25. The van der Waals surface area contributed by atoms with Gasteiger partial charge in [0.25, 0.3) is 5.91 Å². The summed E-state index contributed by atoms with van der Waals surface area (Å²) in [4.78, 5) is 27.5. The molecule has 2 aromatic carbocycles. The fraction of sp³-hybridized carbons (Fsp3) is 0.391. The Kier molecular flexibility index (Phi) is 8.23. The van der Waals surface area contributed by atoms with Crippen LogP contribution in [0.25, 0.3) is 0 Å². The summed E-state index contributed by atoms with van der Waals surface area (Å²) in [6, 6.07) is 14.2. The maximum Gasteiger partial charge on any atom is 0.251 e. The second kappa shape index (κ2) is 10.4. The number of carbonyl (C=O) groups excluding carboxylic acids is 2. The number of likely N-dealkylation sites (N-methyl/N-ethyl adjacent to an activating group) is 1. The molecule has 0 fully saturated rings. The minimum Gasteiger partial charge on any atom is -0.352 e. The van der Waals surface area contributed by atoms with Gasteiger partial charge in [0.2, 0.25) is 5.91 Å². The third kappa shape index (κ3) is 6.31. The molecule has 5 nitrogen and oxygen atoms in total. The van der Waals surface area contributed by atoms with E-state index >= 15 is 0 Å². The lowest BCUT2D eigenvalue weighted by Crippen LogP contribution is -2.51. The van der Waals surface area contributed by atoms with E-state index < -0.39 is 6.04 Å². The summed E-state index contributed by atoms with van der Waals surface area (Å²) in [5.74, 6) is -0.518. The predicted molar refractivity (Wildman–Crippen MR) is 118 cm³/mol. The molecule has 2 N–H and O–H groups in total. The maximum absolute atomic E-state index is 12.9. The average Bonchev–Trinajstić information content (AvgIpc) is 2.67. The van der Waals surface area contributed by atoms with Gasteiger partial charge >= 0.3 is 0 Å². The summed E-state index contributed by atoms with van der Waals surface area (Å²) in [7, 11) is 3.89. The molecule has 29 heavy (non-hydrogen) atoms. The van der Waals surface area contributed by atoms with Crippen LogP contribution in [0.5, 0.6) is 0 Å². The quantitative estimate of drug-likeness (QED) is 0.688. The van der Waals surface area contributed by atoms with Gasteiger partial charge in [-0.1, -0.05) is 61.3 Å². The smallest absolute Gasteiger partial charge is 0.251 e. The minimum atomic E-state index is -0.627. The largest absolute Gasteiger partial charge is 0.352 e. The highest BCUT2D eigenvalue weighted by molar-refractivity contribution is 6.31. The van der Waals surface area contributed by atoms with E-state index in [0.717, 1.165) is 11.1 Å². The molecule has 2 unspecified atom stereocenters. The molecule has 2 amide bonds. The van der Waals surface area contributed by atoms with Gasteiger partial charge in [-0.05, 0) is 50.7 Å². The molecule has 0 spiro atoms. The number of hydrogen-bond acceptors (Lipinski definition) is 3. The van der Waals surface area contributed by atoms with E-state index in [9.17, 15) is 9.59 Å². The van der Waals surface area contributed by atoms with Gasteiger partial charge in [0.15, 0.2) is 0 Å². The van der Waals surface area contributed by atoms with Crippen LogP contribution in [0.3, 0.4) is 0 Å². The monoisotopic (exact) mass is 415 g/mol. The molecule has 0 aliphatic heterocycles. The molecule has 0 heterocycles. The maximum atomic E-state index is 12.9. The first-order valence-corrected chi connectivity index (χ1v) is 10.1. The van der Waals surface area contributed by atoms with Crippen molar-refractivity contribution >= 4 is 23.4 Å². The number of amides is 2. The molecule has 0 aliphatic carbocycles. The molecule has 0 bridgehead atoms. The Morgan fingerprint density at radius 2 is 1.66 bits per heavy atom. The van der Waals surface area contributed by atoms with Crippen molar-refractivity contribution in [2.24, 2.45) is 5.92 Å². The molecule has 0 radical (unpaired) electrons. The summed E-state index contributed by atoms with van der Waals surface area (Å²) in [6.45, 7) is 6.18. The van der Waals surface area contributed by atoms with Crippen molar-refractivity contribution in [2.45, 2.75) is 32.9 Å². The van der Waals surface area contributed by atoms with Crippen LogP contribution in [0, 0.1) is 12.8 Å². The summed E-state index contributed by atoms with van der Waals surface area (Å²) >= 11 is 6.34. The number of nitrogens with zero attached hydrogens (tertiary/aromatic N) is 1. The number of hydrogen-bond donors (Lipinski definition) is 2. The summed E-state index contributed by atoms with van der Waals surface area (Å²) < 4.78 is 0. The first-order valence-electron chi connectivity index (χ1n) is 9.76. The van der Waals surface area contributed by atoms with Gasteiger partial charge in [-0.25, -0.2) is 0 Å². The topological polar surface area (TPSA) is 61.4 Å². The zero-order valence-corrected chi connectivity index (χ0v) is 18.5. The number of rotatable bonds is 8. The van der Waals surface area contributed by atoms with Gasteiger partial charge in [0.05, 0.1) is 6.04 Å². The minimum absolute atomic E-state index is 0.0532. The van der Waals surface area contributed by atoms with Gasteiger partial charge in [0.1, 0.15) is 6.04 Å². The van der Waals surface area contributed by atoms with E-state index in [1.165, 1.54) is 0 Å². The van der Waals surface area contributed by atoms with Crippen molar-refractivity contribution in [3.63, 3.8) is 0 Å². The van der Waals surface area contributed by atoms with Crippen LogP contribution in [-0.4, -0.2) is 43.4 Å². The second-order valence-electron chi connectivity index (χ2n) is 7.81. The SMILES string of the molecule is Cc1ccc(C(=O)NC(C(=O)NCC(c2ccccc2Cl)N(C)C)C(C)C)cc1. The van der Waals surface area contributed by atoms with Crippen LogP contribution < -0.4 is 10.6 Å². The van der Waals surface area contributed by atoms with Crippen molar-refractivity contribution in [3.8, 4) is 0 Å². The second-order valence-corrected chi connectivity index (χ2v) is 8.21. The molecule has 2 rings (SSSR count). The molecule has 156 valence electrons. The lowest BCUT2D eigenvalue weighted by Gasteiger charge is -2.28. The summed E-state index contributed by atoms with van der Waals surface area (Å²) in [5.41, 5.74) is 2.56. The van der Waals surface area contributed by atoms with Crippen molar-refractivity contribution in [1.82, 2.24) is 15.5 Å². The molecular formula is C23H30ClN3O2. The van der Waals surface area contributed by atoms with Gasteiger partial charge in [0, 0.05) is 17.1 Å². The highest BCUT2D eigenvalue weighted by atomic mass is 35.5. The van der Waals surface area contributed by atoms with Crippen LogP contribution in [0.15, 0.2) is 48.5 Å². The fourth-order valence-corrected chi connectivity index (χ4v) is 3.35. The number of nitrogens with one attached hydrogen (secondary N) is 2. The number of halogens is 1. The Hall–Kier alpha value is -2.37. The lowest BCUT2D eigenvalue weighted by molar-refractivity contribution is -0.124. The molecule has 2 atom stereocenters. The highest BCUT2D eigenvalue weighted by Gasteiger charge is 2.26. The molecule has 0 saturated carbocycles. The Morgan fingerprint density at radius 3 is 2.21 bits per heavy atom. The summed E-state index contributed by atoms with van der Waals surface area (Å²) in [5, 5.41) is 6.51. The summed E-state index contributed by atoms with van der Waals surface area (Å²) in [6.07, 6.45) is 0. The molecule has 0 aliphatic rings. The van der Waals surface area contributed by atoms with Crippen molar-refractivity contribution in [1.29, 1.82) is 0 Å². The van der Waals surface area contributed by atoms with Crippen LogP contribution in [0.2, 0.25) is 5.02 Å². The molecule has 0 saturated heterocycles.